The third-order valence-corrected chi connectivity index (χ3v) is 5.78. The molecule has 174 valence electrons. The molecule has 1 saturated heterocycles. The van der Waals surface area contributed by atoms with E-state index < -0.39 is 9.84 Å². The lowest BCUT2D eigenvalue weighted by Gasteiger charge is -2.25. The number of nitrogens with zero attached hydrogens (tertiary/aromatic N) is 4. The van der Waals surface area contributed by atoms with E-state index in [0.717, 1.165) is 6.26 Å². The van der Waals surface area contributed by atoms with E-state index in [1.807, 2.05) is 6.07 Å². The molecule has 4 heterocycles. The molecule has 0 radical (unpaired) electrons. The summed E-state index contributed by atoms with van der Waals surface area (Å²) >= 11 is 0. The lowest BCUT2D eigenvalue weighted by molar-refractivity contribution is -0.114. The Bertz CT molecular complexity index is 1290. The number of rotatable bonds is 8. The molecule has 0 aromatic carbocycles. The molecule has 3 aromatic heterocycles. The predicted molar refractivity (Wildman–Crippen MR) is 121 cm³/mol. The highest BCUT2D eigenvalue weighted by Crippen LogP contribution is 2.32. The van der Waals surface area contributed by atoms with E-state index >= 15 is 0 Å². The summed E-state index contributed by atoms with van der Waals surface area (Å²) < 4.78 is 37.1. The van der Waals surface area contributed by atoms with Gasteiger partial charge in [-0.15, -0.1) is 0 Å². The van der Waals surface area contributed by atoms with Crippen LogP contribution in [0.3, 0.4) is 0 Å². The molecule has 0 aliphatic carbocycles. The average Bonchev–Trinajstić information content (AvgIpc) is 3.12. The van der Waals surface area contributed by atoms with Crippen molar-refractivity contribution in [3.05, 3.63) is 36.7 Å². The maximum Gasteiger partial charge on any atom is 0.222 e. The highest BCUT2D eigenvalue weighted by molar-refractivity contribution is 7.90. The molecule has 0 atom stereocenters. The maximum atomic E-state index is 12.2. The highest BCUT2D eigenvalue weighted by Gasteiger charge is 2.20. The second kappa shape index (κ2) is 9.16. The molecule has 3 aromatic rings. The normalized spacial score (nSPS) is 13.9. The zero-order valence-electron chi connectivity index (χ0n) is 18.4. The van der Waals surface area contributed by atoms with E-state index in [4.69, 9.17) is 9.47 Å². The van der Waals surface area contributed by atoms with Crippen molar-refractivity contribution in [2.75, 3.05) is 36.7 Å². The van der Waals surface area contributed by atoms with Crippen LogP contribution in [0.4, 0.5) is 17.3 Å². The molecular formula is C21H24N6O5S. The summed E-state index contributed by atoms with van der Waals surface area (Å²) in [6, 6.07) is 6.46. The Morgan fingerprint density at radius 1 is 1.27 bits per heavy atom. The number of hydrogen-bond donors (Lipinski definition) is 2. The molecule has 1 amide bonds. The number of aromatic nitrogens is 4. The van der Waals surface area contributed by atoms with E-state index in [1.165, 1.54) is 13.0 Å². The van der Waals surface area contributed by atoms with Gasteiger partial charge in [0.15, 0.2) is 14.9 Å². The van der Waals surface area contributed by atoms with E-state index in [9.17, 15) is 13.2 Å². The summed E-state index contributed by atoms with van der Waals surface area (Å²) in [5.74, 6) is 0.954. The Morgan fingerprint density at radius 2 is 2.06 bits per heavy atom. The van der Waals surface area contributed by atoms with Crippen LogP contribution >= 0.6 is 0 Å². The lowest BCUT2D eigenvalue weighted by atomic mass is 10.1. The van der Waals surface area contributed by atoms with Gasteiger partial charge in [0, 0.05) is 62.3 Å². The number of amides is 1. The smallest absolute Gasteiger partial charge is 0.222 e. The van der Waals surface area contributed by atoms with Crippen LogP contribution in [0.5, 0.6) is 5.75 Å². The van der Waals surface area contributed by atoms with Gasteiger partial charge in [0.05, 0.1) is 31.2 Å². The van der Waals surface area contributed by atoms with Crippen LogP contribution in [-0.2, 0) is 26.4 Å². The quantitative estimate of drug-likeness (QED) is 0.504. The van der Waals surface area contributed by atoms with Crippen molar-refractivity contribution in [1.82, 2.24) is 19.7 Å². The number of ether oxygens (including phenoxy) is 2. The SMILES string of the molecule is CC(=O)Nc1cc(Nc2cc(OCC3COC3)cc(S(C)(=O)=O)n2)c(-c2ccn(C)n2)cn1. The molecule has 1 fully saturated rings. The molecule has 12 heteroatoms. The van der Waals surface area contributed by atoms with Gasteiger partial charge in [-0.1, -0.05) is 0 Å². The summed E-state index contributed by atoms with van der Waals surface area (Å²) in [7, 11) is -1.80. The molecule has 4 rings (SSSR count). The number of hydrogen-bond acceptors (Lipinski definition) is 9. The first-order valence-corrected chi connectivity index (χ1v) is 12.0. The number of carbonyl (C=O) groups excluding carboxylic acids is 1. The van der Waals surface area contributed by atoms with Crippen molar-refractivity contribution < 1.29 is 22.7 Å². The number of aryl methyl sites for hydroxylation is 1. The Hall–Kier alpha value is -3.51. The van der Waals surface area contributed by atoms with Crippen molar-refractivity contribution in [2.24, 2.45) is 13.0 Å². The zero-order valence-corrected chi connectivity index (χ0v) is 19.2. The van der Waals surface area contributed by atoms with E-state index in [-0.39, 0.29) is 22.7 Å². The Balaban J connectivity index is 1.71. The monoisotopic (exact) mass is 472 g/mol. The largest absolute Gasteiger partial charge is 0.493 e. The summed E-state index contributed by atoms with van der Waals surface area (Å²) in [5.41, 5.74) is 1.82. The van der Waals surface area contributed by atoms with Gasteiger partial charge in [-0.25, -0.2) is 18.4 Å². The fourth-order valence-corrected chi connectivity index (χ4v) is 3.72. The molecule has 0 saturated carbocycles. The fraction of sp³-hybridized carbons (Fsp3) is 0.333. The first-order chi connectivity index (χ1) is 15.7. The molecular weight excluding hydrogens is 448 g/mol. The molecule has 1 aliphatic rings. The first-order valence-electron chi connectivity index (χ1n) is 10.1. The van der Waals surface area contributed by atoms with Gasteiger partial charge in [-0.3, -0.25) is 9.48 Å². The highest BCUT2D eigenvalue weighted by atomic mass is 32.2. The molecule has 2 N–H and O–H groups in total. The Kier molecular flexibility index (Phi) is 6.29. The summed E-state index contributed by atoms with van der Waals surface area (Å²) in [5, 5.41) is 10.1. The summed E-state index contributed by atoms with van der Waals surface area (Å²) in [4.78, 5) is 20.0. The minimum atomic E-state index is -3.59. The van der Waals surface area contributed by atoms with Crippen LogP contribution in [0.1, 0.15) is 6.92 Å². The zero-order chi connectivity index (χ0) is 23.6. The van der Waals surface area contributed by atoms with Gasteiger partial charge in [-0.05, 0) is 6.07 Å². The predicted octanol–water partition coefficient (Wildman–Crippen LogP) is 2.01. The molecule has 33 heavy (non-hydrogen) atoms. The van der Waals surface area contributed by atoms with Crippen LogP contribution in [0.15, 0.2) is 41.7 Å². The maximum absolute atomic E-state index is 12.2. The first kappa shape index (κ1) is 22.7. The van der Waals surface area contributed by atoms with Crippen molar-refractivity contribution in [3.8, 4) is 17.0 Å². The van der Waals surface area contributed by atoms with Gasteiger partial charge in [0.25, 0.3) is 0 Å². The number of nitrogens with one attached hydrogen (secondary N) is 2. The fourth-order valence-electron chi connectivity index (χ4n) is 3.12. The number of sulfone groups is 1. The van der Waals surface area contributed by atoms with Crippen LogP contribution in [0, 0.1) is 5.92 Å². The number of anilines is 3. The topological polar surface area (TPSA) is 137 Å². The third-order valence-electron chi connectivity index (χ3n) is 4.81. The van der Waals surface area contributed by atoms with Crippen molar-refractivity contribution in [2.45, 2.75) is 11.9 Å². The summed E-state index contributed by atoms with van der Waals surface area (Å²) in [6.07, 6.45) is 4.45. The molecule has 0 spiro atoms. The average molecular weight is 473 g/mol. The molecule has 0 bridgehead atoms. The third kappa shape index (κ3) is 5.65. The van der Waals surface area contributed by atoms with Crippen molar-refractivity contribution >= 4 is 33.1 Å². The van der Waals surface area contributed by atoms with E-state index in [0.29, 0.717) is 48.3 Å². The molecule has 0 unspecified atom stereocenters. The lowest BCUT2D eigenvalue weighted by Crippen LogP contribution is -2.32. The Labute approximate surface area is 191 Å². The van der Waals surface area contributed by atoms with Gasteiger partial charge >= 0.3 is 0 Å². The van der Waals surface area contributed by atoms with E-state index in [1.54, 1.807) is 36.3 Å². The second-order valence-corrected chi connectivity index (χ2v) is 9.77. The Morgan fingerprint density at radius 3 is 2.67 bits per heavy atom. The molecule has 11 nitrogen and oxygen atoms in total. The van der Waals surface area contributed by atoms with E-state index in [2.05, 4.69) is 25.7 Å². The van der Waals surface area contributed by atoms with Crippen molar-refractivity contribution in [3.63, 3.8) is 0 Å². The minimum absolute atomic E-state index is 0.122. The second-order valence-electron chi connectivity index (χ2n) is 7.81. The van der Waals surface area contributed by atoms with Crippen molar-refractivity contribution in [1.29, 1.82) is 0 Å². The summed E-state index contributed by atoms with van der Waals surface area (Å²) in [6.45, 7) is 3.03. The van der Waals surface area contributed by atoms with Crippen LogP contribution in [0.2, 0.25) is 0 Å². The molecule has 1 aliphatic heterocycles. The minimum Gasteiger partial charge on any atom is -0.493 e. The van der Waals surface area contributed by atoms with Gasteiger partial charge in [0.1, 0.15) is 17.4 Å². The van der Waals surface area contributed by atoms with Crippen LogP contribution in [-0.4, -0.2) is 60.1 Å². The van der Waals surface area contributed by atoms with Crippen LogP contribution in [0.25, 0.3) is 11.3 Å². The number of carbonyl (C=O) groups is 1. The van der Waals surface area contributed by atoms with Gasteiger partial charge in [0.2, 0.25) is 5.91 Å². The number of pyridine rings is 2. The van der Waals surface area contributed by atoms with Crippen LogP contribution < -0.4 is 15.4 Å². The van der Waals surface area contributed by atoms with Gasteiger partial charge < -0.3 is 20.1 Å². The van der Waals surface area contributed by atoms with Gasteiger partial charge in [-0.2, -0.15) is 5.10 Å². The standard InChI is InChI=1S/C21H24N6O5S/c1-13(28)23-19-8-18(16(9-22-19)17-4-5-27(2)26-17)24-20-6-15(32-12-14-10-31-11-14)7-21(25-20)33(3,29)30/h4-9,14H,10-12H2,1-3H3,(H2,22,23,24,25,28).